The highest BCUT2D eigenvalue weighted by Crippen LogP contribution is 2.39. The highest BCUT2D eigenvalue weighted by Gasteiger charge is 2.35. The molecule has 0 radical (unpaired) electrons. The summed E-state index contributed by atoms with van der Waals surface area (Å²) in [7, 11) is 0. The minimum Gasteiger partial charge on any atom is -0.376 e. The van der Waals surface area contributed by atoms with Crippen LogP contribution in [-0.4, -0.2) is 20.2 Å². The van der Waals surface area contributed by atoms with E-state index in [0.717, 1.165) is 22.3 Å². The van der Waals surface area contributed by atoms with Crippen LogP contribution >= 0.6 is 0 Å². The first-order valence-corrected chi connectivity index (χ1v) is 17.6. The van der Waals surface area contributed by atoms with E-state index in [4.69, 9.17) is 0 Å². The molecule has 0 fully saturated rings. The van der Waals surface area contributed by atoms with E-state index >= 15 is 0 Å². The second-order valence-electron chi connectivity index (χ2n) is 12.2. The van der Waals surface area contributed by atoms with Crippen LogP contribution in [0, 0.1) is 0 Å². The lowest BCUT2D eigenvalue weighted by atomic mass is 9.80. The Balaban J connectivity index is 0.000000351. The lowest BCUT2D eigenvalue weighted by Gasteiger charge is -2.30. The highest BCUT2D eigenvalue weighted by molar-refractivity contribution is 5.54. The van der Waals surface area contributed by atoms with E-state index in [1.165, 1.54) is 0 Å². The van der Waals surface area contributed by atoms with Gasteiger partial charge in [-0.1, -0.05) is 158 Å². The van der Waals surface area contributed by atoms with Crippen molar-refractivity contribution in [2.24, 2.45) is 10.2 Å². The molecule has 6 nitrogen and oxygen atoms in total. The molecule has 0 saturated carbocycles. The molecule has 0 aliphatic heterocycles. The van der Waals surface area contributed by atoms with E-state index in [9.17, 15) is 10.2 Å². The number of aromatic nitrogens is 2. The number of azo groups is 1. The summed E-state index contributed by atoms with van der Waals surface area (Å²) in [5.74, 6) is 0. The molecule has 2 N–H and O–H groups in total. The molecule has 2 aromatic heterocycles. The molecule has 0 atom stereocenters. The van der Waals surface area contributed by atoms with Crippen LogP contribution in [0.1, 0.15) is 33.4 Å². The van der Waals surface area contributed by atoms with Gasteiger partial charge in [-0.15, -0.1) is 0 Å². The van der Waals surface area contributed by atoms with Crippen LogP contribution in [0.25, 0.3) is 0 Å². The van der Waals surface area contributed by atoms with Crippen LogP contribution in [0.15, 0.2) is 241 Å². The number of benzene rings is 6. The summed E-state index contributed by atoms with van der Waals surface area (Å²) in [6.07, 6.45) is 7.00. The smallest absolute Gasteiger partial charge is 0.140 e. The number of pyridine rings is 2. The van der Waals surface area contributed by atoms with Crippen molar-refractivity contribution >= 4 is 11.4 Å². The third-order valence-electron chi connectivity index (χ3n) is 8.71. The predicted molar refractivity (Wildman–Crippen MR) is 216 cm³/mol. The summed E-state index contributed by atoms with van der Waals surface area (Å²) in [6, 6.07) is 64.9. The van der Waals surface area contributed by atoms with Crippen LogP contribution < -0.4 is 0 Å². The third kappa shape index (κ3) is 9.13. The molecule has 0 bridgehead atoms. The second kappa shape index (κ2) is 18.6. The van der Waals surface area contributed by atoms with Gasteiger partial charge in [0.1, 0.15) is 11.2 Å². The Labute approximate surface area is 316 Å². The molecule has 0 unspecified atom stereocenters. The van der Waals surface area contributed by atoms with E-state index in [1.807, 2.05) is 206 Å². The zero-order valence-corrected chi connectivity index (χ0v) is 29.6. The fourth-order valence-corrected chi connectivity index (χ4v) is 6.04. The van der Waals surface area contributed by atoms with Crippen molar-refractivity contribution in [3.8, 4) is 0 Å². The van der Waals surface area contributed by atoms with Crippen LogP contribution in [0.2, 0.25) is 0 Å². The van der Waals surface area contributed by atoms with E-state index in [2.05, 4.69) is 20.2 Å². The van der Waals surface area contributed by atoms with Gasteiger partial charge in [0, 0.05) is 24.8 Å². The number of nitrogens with zero attached hydrogens (tertiary/aromatic N) is 4. The Kier molecular flexibility index (Phi) is 12.7. The largest absolute Gasteiger partial charge is 0.376 e. The van der Waals surface area contributed by atoms with Gasteiger partial charge in [0.05, 0.1) is 11.4 Å². The molecular weight excluding hydrogens is 665 g/mol. The summed E-state index contributed by atoms with van der Waals surface area (Å²) in [4.78, 5) is 7.57. The topological polar surface area (TPSA) is 91.0 Å². The quantitative estimate of drug-likeness (QED) is 0.122. The Morgan fingerprint density at radius 1 is 0.296 bits per heavy atom. The molecule has 0 aliphatic rings. The first-order valence-electron chi connectivity index (χ1n) is 17.6. The molecule has 8 rings (SSSR count). The van der Waals surface area contributed by atoms with E-state index in [-0.39, 0.29) is 0 Å². The minimum absolute atomic E-state index is 0.601. The number of aliphatic hydroxyl groups is 2. The van der Waals surface area contributed by atoms with Crippen molar-refractivity contribution in [2.45, 2.75) is 11.2 Å². The zero-order chi connectivity index (χ0) is 37.3. The first-order chi connectivity index (χ1) is 26.6. The van der Waals surface area contributed by atoms with Crippen LogP contribution in [0.3, 0.4) is 0 Å². The molecule has 0 saturated heterocycles. The summed E-state index contributed by atoms with van der Waals surface area (Å²) >= 11 is 0. The molecule has 0 aliphatic carbocycles. The Morgan fingerprint density at radius 3 is 0.796 bits per heavy atom. The fraction of sp³-hybridized carbons (Fsp3) is 0.0417. The van der Waals surface area contributed by atoms with E-state index in [1.54, 1.807) is 24.8 Å². The van der Waals surface area contributed by atoms with E-state index < -0.39 is 11.2 Å². The lowest BCUT2D eigenvalue weighted by Crippen LogP contribution is -2.28. The van der Waals surface area contributed by atoms with Gasteiger partial charge in [-0.05, 0) is 81.9 Å². The standard InChI is InChI=1S/C38H30N2O2.2C5H5N/c41-37(29-15-5-1-6-16-29,30-17-7-2-8-18-30)33-23-13-25-35(27-33)39-40-36-26-14-24-34(28-36)38(42,31-19-9-3-10-20-31)32-21-11-4-12-22-32;2*1-2-4-6-5-3-1/h1-28,41-42H;2*1-5H. The minimum atomic E-state index is -1.37. The molecule has 0 spiro atoms. The van der Waals surface area contributed by atoms with Crippen molar-refractivity contribution in [2.75, 3.05) is 0 Å². The Hall–Kier alpha value is -6.86. The van der Waals surface area contributed by atoms with Gasteiger partial charge in [0.25, 0.3) is 0 Å². The van der Waals surface area contributed by atoms with Crippen LogP contribution in [0.4, 0.5) is 11.4 Å². The monoisotopic (exact) mass is 704 g/mol. The van der Waals surface area contributed by atoms with Crippen molar-refractivity contribution < 1.29 is 10.2 Å². The number of hydrogen-bond donors (Lipinski definition) is 2. The maximum Gasteiger partial charge on any atom is 0.140 e. The Morgan fingerprint density at radius 2 is 0.556 bits per heavy atom. The van der Waals surface area contributed by atoms with Gasteiger partial charge in [0.2, 0.25) is 0 Å². The SMILES string of the molecule is OC(c1ccccc1)(c1ccccc1)c1cccc(N=Nc2cccc(C(O)(c3ccccc3)c3ccccc3)c2)c1.c1ccncc1.c1ccncc1. The van der Waals surface area contributed by atoms with Crippen molar-refractivity contribution in [3.63, 3.8) is 0 Å². The molecule has 6 aromatic carbocycles. The Bertz CT molecular complexity index is 1990. The van der Waals surface area contributed by atoms with Crippen LogP contribution in [0.5, 0.6) is 0 Å². The molecular formula is C48H40N4O2. The van der Waals surface area contributed by atoms with Gasteiger partial charge in [-0.3, -0.25) is 9.97 Å². The summed E-state index contributed by atoms with van der Waals surface area (Å²) in [5.41, 5.74) is 2.90. The van der Waals surface area contributed by atoms with Gasteiger partial charge in [0.15, 0.2) is 0 Å². The third-order valence-corrected chi connectivity index (χ3v) is 8.71. The van der Waals surface area contributed by atoms with Crippen molar-refractivity contribution in [1.29, 1.82) is 0 Å². The van der Waals surface area contributed by atoms with Gasteiger partial charge in [-0.2, -0.15) is 10.2 Å². The van der Waals surface area contributed by atoms with Gasteiger partial charge < -0.3 is 10.2 Å². The molecule has 6 heteroatoms. The molecule has 264 valence electrons. The number of hydrogen-bond acceptors (Lipinski definition) is 6. The normalized spacial score (nSPS) is 11.1. The maximum absolute atomic E-state index is 12.2. The molecule has 0 amide bonds. The number of rotatable bonds is 8. The first kappa shape index (κ1) is 36.9. The highest BCUT2D eigenvalue weighted by atomic mass is 16.3. The summed E-state index contributed by atoms with van der Waals surface area (Å²) < 4.78 is 0. The average Bonchev–Trinajstić information content (AvgIpc) is 3.28. The second-order valence-corrected chi connectivity index (χ2v) is 12.2. The summed E-state index contributed by atoms with van der Waals surface area (Å²) in [5, 5.41) is 33.4. The van der Waals surface area contributed by atoms with Crippen molar-refractivity contribution in [3.05, 3.63) is 264 Å². The van der Waals surface area contributed by atoms with Gasteiger partial charge in [-0.25, -0.2) is 0 Å². The molecule has 54 heavy (non-hydrogen) atoms. The predicted octanol–water partition coefficient (Wildman–Crippen LogP) is 10.8. The van der Waals surface area contributed by atoms with Gasteiger partial charge >= 0.3 is 0 Å². The van der Waals surface area contributed by atoms with Crippen molar-refractivity contribution in [1.82, 2.24) is 9.97 Å². The lowest BCUT2D eigenvalue weighted by molar-refractivity contribution is 0.125. The summed E-state index contributed by atoms with van der Waals surface area (Å²) in [6.45, 7) is 0. The van der Waals surface area contributed by atoms with E-state index in [0.29, 0.717) is 22.5 Å². The average molecular weight is 705 g/mol. The molecule has 8 aromatic rings. The maximum atomic E-state index is 12.2. The molecule has 2 heterocycles. The fourth-order valence-electron chi connectivity index (χ4n) is 6.04. The van der Waals surface area contributed by atoms with Crippen LogP contribution in [-0.2, 0) is 11.2 Å². The zero-order valence-electron chi connectivity index (χ0n) is 29.6.